The Bertz CT molecular complexity index is 524. The SMILES string of the molecule is CCOC(=O)C(C)(CC)CC(C)(CC(C)(C)C(=O)O)C(=O)OC1CO1. The van der Waals surface area contributed by atoms with Gasteiger partial charge in [-0.15, -0.1) is 0 Å². The number of rotatable bonds is 10. The van der Waals surface area contributed by atoms with Gasteiger partial charge < -0.3 is 19.3 Å². The van der Waals surface area contributed by atoms with Crippen LogP contribution in [-0.2, 0) is 28.6 Å². The Morgan fingerprint density at radius 3 is 2.00 bits per heavy atom. The highest BCUT2D eigenvalue weighted by atomic mass is 16.8. The minimum absolute atomic E-state index is 0.0376. The molecule has 0 aliphatic carbocycles. The molecule has 1 heterocycles. The molecular formula is C18H30O7. The number of carbonyl (C=O) groups excluding carboxylic acids is 2. The van der Waals surface area contributed by atoms with Gasteiger partial charge in [0.15, 0.2) is 0 Å². The lowest BCUT2D eigenvalue weighted by Crippen LogP contribution is -2.44. The molecule has 0 spiro atoms. The number of carboxylic acid groups (broad SMARTS) is 1. The number of carbonyl (C=O) groups is 3. The zero-order chi connectivity index (χ0) is 19.5. The van der Waals surface area contributed by atoms with Gasteiger partial charge in [-0.3, -0.25) is 14.4 Å². The number of aliphatic carboxylic acids is 1. The average molecular weight is 358 g/mol. The van der Waals surface area contributed by atoms with E-state index < -0.39 is 40.4 Å². The number of carboxylic acids is 1. The smallest absolute Gasteiger partial charge is 0.314 e. The minimum atomic E-state index is -1.16. The van der Waals surface area contributed by atoms with Crippen LogP contribution in [0.4, 0.5) is 0 Å². The van der Waals surface area contributed by atoms with E-state index >= 15 is 0 Å². The second kappa shape index (κ2) is 7.72. The lowest BCUT2D eigenvalue weighted by Gasteiger charge is -2.39. The van der Waals surface area contributed by atoms with E-state index in [0.717, 1.165) is 0 Å². The number of epoxide rings is 1. The highest BCUT2D eigenvalue weighted by Crippen LogP contribution is 2.45. The maximum atomic E-state index is 12.7. The zero-order valence-electron chi connectivity index (χ0n) is 16.0. The summed E-state index contributed by atoms with van der Waals surface area (Å²) >= 11 is 0. The van der Waals surface area contributed by atoms with Gasteiger partial charge in [-0.1, -0.05) is 6.92 Å². The summed E-state index contributed by atoms with van der Waals surface area (Å²) in [6, 6.07) is 0. The van der Waals surface area contributed by atoms with E-state index in [9.17, 15) is 19.5 Å². The third kappa shape index (κ3) is 5.42. The van der Waals surface area contributed by atoms with Gasteiger partial charge in [0.2, 0.25) is 6.29 Å². The van der Waals surface area contributed by atoms with Crippen molar-refractivity contribution >= 4 is 17.9 Å². The molecule has 7 nitrogen and oxygen atoms in total. The molecule has 0 aromatic rings. The first-order valence-electron chi connectivity index (χ1n) is 8.63. The Hall–Kier alpha value is -1.63. The van der Waals surface area contributed by atoms with Crippen molar-refractivity contribution in [3.8, 4) is 0 Å². The molecule has 7 heteroatoms. The Kier molecular flexibility index (Phi) is 6.61. The second-order valence-corrected chi connectivity index (χ2v) is 7.91. The Morgan fingerprint density at radius 2 is 1.60 bits per heavy atom. The summed E-state index contributed by atoms with van der Waals surface area (Å²) in [6.07, 6.45) is 0.0607. The van der Waals surface area contributed by atoms with Crippen molar-refractivity contribution in [2.24, 2.45) is 16.2 Å². The molecule has 144 valence electrons. The van der Waals surface area contributed by atoms with Crippen LogP contribution in [0.2, 0.25) is 0 Å². The van der Waals surface area contributed by atoms with Gasteiger partial charge in [0.1, 0.15) is 6.61 Å². The summed E-state index contributed by atoms with van der Waals surface area (Å²) in [4.78, 5) is 36.7. The van der Waals surface area contributed by atoms with E-state index in [4.69, 9.17) is 14.2 Å². The van der Waals surface area contributed by atoms with E-state index in [-0.39, 0.29) is 19.4 Å². The van der Waals surface area contributed by atoms with Crippen LogP contribution in [-0.4, -0.2) is 42.5 Å². The first-order valence-corrected chi connectivity index (χ1v) is 8.63. The molecule has 0 amide bonds. The van der Waals surface area contributed by atoms with Crippen LogP contribution in [0, 0.1) is 16.2 Å². The number of esters is 2. The first kappa shape index (κ1) is 21.4. The molecule has 0 aromatic heterocycles. The first-order chi connectivity index (χ1) is 11.4. The summed E-state index contributed by atoms with van der Waals surface area (Å²) in [5.74, 6) is -1.95. The lowest BCUT2D eigenvalue weighted by molar-refractivity contribution is -0.170. The fraction of sp³-hybridized carbons (Fsp3) is 0.833. The standard InChI is InChI=1S/C18H30O7/c1-7-17(5,14(21)23-8-2)11-18(6,10-16(3,4)13(19)20)15(22)25-12-9-24-12/h12H,7-11H2,1-6H3,(H,19,20). The third-order valence-electron chi connectivity index (χ3n) is 4.77. The molecule has 0 radical (unpaired) electrons. The highest BCUT2D eigenvalue weighted by Gasteiger charge is 2.50. The zero-order valence-corrected chi connectivity index (χ0v) is 16.0. The molecule has 0 saturated carbocycles. The lowest BCUT2D eigenvalue weighted by atomic mass is 9.65. The summed E-state index contributed by atoms with van der Waals surface area (Å²) in [5, 5.41) is 9.46. The van der Waals surface area contributed by atoms with E-state index in [1.807, 2.05) is 6.92 Å². The fourth-order valence-electron chi connectivity index (χ4n) is 3.13. The van der Waals surface area contributed by atoms with E-state index in [1.165, 1.54) is 0 Å². The molecule has 1 fully saturated rings. The molecule has 0 bridgehead atoms. The van der Waals surface area contributed by atoms with Crippen LogP contribution < -0.4 is 0 Å². The maximum Gasteiger partial charge on any atom is 0.314 e. The van der Waals surface area contributed by atoms with Crippen LogP contribution in [0.25, 0.3) is 0 Å². The van der Waals surface area contributed by atoms with Crippen molar-refractivity contribution in [3.05, 3.63) is 0 Å². The summed E-state index contributed by atoms with van der Waals surface area (Å²) < 4.78 is 15.4. The molecule has 1 aliphatic heterocycles. The molecule has 3 unspecified atom stereocenters. The van der Waals surface area contributed by atoms with Crippen LogP contribution in [0.3, 0.4) is 0 Å². The molecular weight excluding hydrogens is 328 g/mol. The Balaban J connectivity index is 3.13. The van der Waals surface area contributed by atoms with Crippen LogP contribution >= 0.6 is 0 Å². The number of ether oxygens (including phenoxy) is 3. The molecule has 25 heavy (non-hydrogen) atoms. The maximum absolute atomic E-state index is 12.7. The van der Waals surface area contributed by atoms with Crippen molar-refractivity contribution in [3.63, 3.8) is 0 Å². The molecule has 3 atom stereocenters. The molecule has 1 saturated heterocycles. The van der Waals surface area contributed by atoms with Crippen LogP contribution in [0.1, 0.15) is 60.8 Å². The predicted molar refractivity (Wildman–Crippen MR) is 89.6 cm³/mol. The van der Waals surface area contributed by atoms with Gasteiger partial charge in [0.25, 0.3) is 0 Å². The average Bonchev–Trinajstić information content (AvgIpc) is 3.30. The van der Waals surface area contributed by atoms with E-state index in [1.54, 1.807) is 34.6 Å². The minimum Gasteiger partial charge on any atom is -0.481 e. The summed E-state index contributed by atoms with van der Waals surface area (Å²) in [6.45, 7) is 10.6. The van der Waals surface area contributed by atoms with Crippen molar-refractivity contribution in [1.82, 2.24) is 0 Å². The van der Waals surface area contributed by atoms with Gasteiger partial charge in [0.05, 0.1) is 22.9 Å². The number of hydrogen-bond donors (Lipinski definition) is 1. The molecule has 1 aliphatic rings. The molecule has 0 aromatic carbocycles. The van der Waals surface area contributed by atoms with E-state index in [2.05, 4.69) is 0 Å². The predicted octanol–water partition coefficient (Wildman–Crippen LogP) is 2.76. The van der Waals surface area contributed by atoms with Gasteiger partial charge in [0, 0.05) is 0 Å². The van der Waals surface area contributed by atoms with Crippen molar-refractivity contribution in [1.29, 1.82) is 0 Å². The third-order valence-corrected chi connectivity index (χ3v) is 4.77. The van der Waals surface area contributed by atoms with Crippen molar-refractivity contribution in [2.45, 2.75) is 67.1 Å². The monoisotopic (exact) mass is 358 g/mol. The number of hydrogen-bond acceptors (Lipinski definition) is 6. The van der Waals surface area contributed by atoms with Gasteiger partial charge in [-0.05, 0) is 53.9 Å². The highest BCUT2D eigenvalue weighted by molar-refractivity contribution is 5.82. The van der Waals surface area contributed by atoms with Gasteiger partial charge in [-0.2, -0.15) is 0 Å². The van der Waals surface area contributed by atoms with Crippen molar-refractivity contribution in [2.75, 3.05) is 13.2 Å². The Labute approximate surface area is 149 Å². The fourth-order valence-corrected chi connectivity index (χ4v) is 3.13. The molecule has 1 rings (SSSR count). The van der Waals surface area contributed by atoms with Gasteiger partial charge in [-0.25, -0.2) is 0 Å². The Morgan fingerprint density at radius 1 is 1.04 bits per heavy atom. The van der Waals surface area contributed by atoms with E-state index in [0.29, 0.717) is 13.0 Å². The largest absolute Gasteiger partial charge is 0.481 e. The van der Waals surface area contributed by atoms with Crippen molar-refractivity contribution < 1.29 is 33.7 Å². The second-order valence-electron chi connectivity index (χ2n) is 7.91. The quantitative estimate of drug-likeness (QED) is 0.473. The topological polar surface area (TPSA) is 102 Å². The van der Waals surface area contributed by atoms with Gasteiger partial charge >= 0.3 is 17.9 Å². The summed E-state index contributed by atoms with van der Waals surface area (Å²) in [7, 11) is 0. The van der Waals surface area contributed by atoms with Crippen LogP contribution in [0.5, 0.6) is 0 Å². The normalized spacial score (nSPS) is 21.6. The van der Waals surface area contributed by atoms with Crippen LogP contribution in [0.15, 0.2) is 0 Å². The summed E-state index contributed by atoms with van der Waals surface area (Å²) in [5.41, 5.74) is -3.23. The molecule has 1 N–H and O–H groups in total.